The van der Waals surface area contributed by atoms with Crippen LogP contribution < -0.4 is 0 Å². The van der Waals surface area contributed by atoms with Crippen molar-refractivity contribution in [2.24, 2.45) is 5.41 Å². The summed E-state index contributed by atoms with van der Waals surface area (Å²) in [6, 6.07) is 6.33. The summed E-state index contributed by atoms with van der Waals surface area (Å²) in [7, 11) is 1.79. The molecule has 2 aliphatic carbocycles. The van der Waals surface area contributed by atoms with E-state index < -0.39 is 5.60 Å². The third-order valence-corrected chi connectivity index (χ3v) is 5.87. The molecule has 0 radical (unpaired) electrons. The highest BCUT2D eigenvalue weighted by Crippen LogP contribution is 2.57. The second-order valence-electron chi connectivity index (χ2n) is 6.27. The molecule has 1 aromatic rings. The second-order valence-corrected chi connectivity index (χ2v) is 7.18. The van der Waals surface area contributed by atoms with Gasteiger partial charge >= 0.3 is 0 Å². The first-order chi connectivity index (χ1) is 8.98. The van der Waals surface area contributed by atoms with Crippen LogP contribution in [0, 0.1) is 5.41 Å². The van der Waals surface area contributed by atoms with E-state index in [0.717, 1.165) is 42.1 Å². The average molecular weight is 325 g/mol. The van der Waals surface area contributed by atoms with Gasteiger partial charge in [-0.25, -0.2) is 0 Å². The number of rotatable bonds is 1. The molecule has 1 saturated carbocycles. The molecule has 3 rings (SSSR count). The van der Waals surface area contributed by atoms with E-state index in [9.17, 15) is 5.11 Å². The summed E-state index contributed by atoms with van der Waals surface area (Å²) < 4.78 is 6.52. The monoisotopic (exact) mass is 324 g/mol. The zero-order chi connectivity index (χ0) is 13.7. The first-order valence-electron chi connectivity index (χ1n) is 7.03. The maximum Gasteiger partial charge on any atom is 0.0930 e. The molecule has 2 nitrogen and oxygen atoms in total. The predicted octanol–water partition coefficient (Wildman–Crippen LogP) is 3.79. The summed E-state index contributed by atoms with van der Waals surface area (Å²) in [6.45, 7) is 2.00. The number of benzene rings is 1. The minimum atomic E-state index is -0.717. The van der Waals surface area contributed by atoms with Gasteiger partial charge in [0, 0.05) is 17.0 Å². The van der Waals surface area contributed by atoms with Gasteiger partial charge in [-0.15, -0.1) is 0 Å². The molecule has 0 saturated heterocycles. The Kier molecular flexibility index (Phi) is 3.27. The van der Waals surface area contributed by atoms with Gasteiger partial charge in [0.25, 0.3) is 0 Å². The SMILES string of the molecule is COC1CCC2(CC1)Cc1ccc(Br)cc1C2(C)O. The van der Waals surface area contributed by atoms with Crippen molar-refractivity contribution in [3.8, 4) is 0 Å². The van der Waals surface area contributed by atoms with Gasteiger partial charge in [0.15, 0.2) is 0 Å². The summed E-state index contributed by atoms with van der Waals surface area (Å²) in [6.07, 6.45) is 5.58. The van der Waals surface area contributed by atoms with Crippen LogP contribution in [0.25, 0.3) is 0 Å². The number of aliphatic hydroxyl groups is 1. The van der Waals surface area contributed by atoms with Crippen molar-refractivity contribution in [3.63, 3.8) is 0 Å². The lowest BCUT2D eigenvalue weighted by molar-refractivity contribution is -0.102. The highest BCUT2D eigenvalue weighted by Gasteiger charge is 2.54. The van der Waals surface area contributed by atoms with Crippen LogP contribution in [0.4, 0.5) is 0 Å². The quantitative estimate of drug-likeness (QED) is 0.851. The fraction of sp³-hybridized carbons (Fsp3) is 0.625. The van der Waals surface area contributed by atoms with Crippen molar-refractivity contribution >= 4 is 15.9 Å². The predicted molar refractivity (Wildman–Crippen MR) is 79.1 cm³/mol. The molecule has 0 heterocycles. The number of hydrogen-bond donors (Lipinski definition) is 1. The minimum absolute atomic E-state index is 0.00512. The molecule has 1 atom stereocenters. The van der Waals surface area contributed by atoms with Crippen molar-refractivity contribution < 1.29 is 9.84 Å². The summed E-state index contributed by atoms with van der Waals surface area (Å²) in [5.74, 6) is 0. The molecule has 2 aliphatic rings. The number of fused-ring (bicyclic) bond motifs is 1. The fourth-order valence-corrected chi connectivity index (χ4v) is 4.38. The normalized spacial score (nSPS) is 37.6. The van der Waals surface area contributed by atoms with Gasteiger partial charge in [0.1, 0.15) is 0 Å². The van der Waals surface area contributed by atoms with Gasteiger partial charge in [-0.3, -0.25) is 0 Å². The molecule has 0 aliphatic heterocycles. The molecule has 1 unspecified atom stereocenters. The highest BCUT2D eigenvalue weighted by molar-refractivity contribution is 9.10. The lowest BCUT2D eigenvalue weighted by Crippen LogP contribution is -2.44. The maximum absolute atomic E-state index is 11.1. The van der Waals surface area contributed by atoms with E-state index in [1.54, 1.807) is 7.11 Å². The van der Waals surface area contributed by atoms with E-state index in [1.165, 1.54) is 5.56 Å². The van der Waals surface area contributed by atoms with Gasteiger partial charge in [-0.2, -0.15) is 0 Å². The van der Waals surface area contributed by atoms with Crippen LogP contribution in [0.15, 0.2) is 22.7 Å². The van der Waals surface area contributed by atoms with Crippen molar-refractivity contribution in [1.82, 2.24) is 0 Å². The van der Waals surface area contributed by atoms with Crippen LogP contribution in [-0.2, 0) is 16.8 Å². The van der Waals surface area contributed by atoms with Gasteiger partial charge < -0.3 is 9.84 Å². The maximum atomic E-state index is 11.1. The van der Waals surface area contributed by atoms with Crippen LogP contribution in [0.3, 0.4) is 0 Å². The third kappa shape index (κ3) is 1.98. The van der Waals surface area contributed by atoms with E-state index >= 15 is 0 Å². The number of ether oxygens (including phenoxy) is 1. The average Bonchev–Trinajstić information content (AvgIpc) is 2.60. The van der Waals surface area contributed by atoms with Gasteiger partial charge in [0.2, 0.25) is 0 Å². The highest BCUT2D eigenvalue weighted by atomic mass is 79.9. The molecule has 1 aromatic carbocycles. The fourth-order valence-electron chi connectivity index (χ4n) is 4.02. The Morgan fingerprint density at radius 1 is 1.32 bits per heavy atom. The molecule has 0 aromatic heterocycles. The molecule has 3 heteroatoms. The Labute approximate surface area is 123 Å². The van der Waals surface area contributed by atoms with Crippen molar-refractivity contribution in [2.75, 3.05) is 7.11 Å². The summed E-state index contributed by atoms with van der Waals surface area (Å²) in [4.78, 5) is 0. The Morgan fingerprint density at radius 2 is 2.00 bits per heavy atom. The van der Waals surface area contributed by atoms with Gasteiger partial charge in [-0.05, 0) is 62.3 Å². The lowest BCUT2D eigenvalue weighted by Gasteiger charge is -2.45. The zero-order valence-electron chi connectivity index (χ0n) is 11.6. The molecular weight excluding hydrogens is 304 g/mol. The van der Waals surface area contributed by atoms with Gasteiger partial charge in [-0.1, -0.05) is 22.0 Å². The smallest absolute Gasteiger partial charge is 0.0930 e. The number of methoxy groups -OCH3 is 1. The lowest BCUT2D eigenvalue weighted by atomic mass is 9.64. The van der Waals surface area contributed by atoms with Crippen molar-refractivity contribution in [1.29, 1.82) is 0 Å². The summed E-state index contributed by atoms with van der Waals surface area (Å²) in [5, 5.41) is 11.1. The Morgan fingerprint density at radius 3 is 2.63 bits per heavy atom. The first-order valence-corrected chi connectivity index (χ1v) is 7.82. The van der Waals surface area contributed by atoms with Crippen molar-refractivity contribution in [3.05, 3.63) is 33.8 Å². The molecule has 1 N–H and O–H groups in total. The Bertz CT molecular complexity index is 488. The van der Waals surface area contributed by atoms with Crippen LogP contribution in [0.1, 0.15) is 43.7 Å². The molecule has 104 valence electrons. The molecular formula is C16H21BrO2. The molecule has 1 fully saturated rings. The molecule has 19 heavy (non-hydrogen) atoms. The first kappa shape index (κ1) is 13.6. The van der Waals surface area contributed by atoms with E-state index in [2.05, 4.69) is 34.1 Å². The van der Waals surface area contributed by atoms with E-state index in [0.29, 0.717) is 6.10 Å². The summed E-state index contributed by atoms with van der Waals surface area (Å²) in [5.41, 5.74) is 1.71. The third-order valence-electron chi connectivity index (χ3n) is 5.38. The largest absolute Gasteiger partial charge is 0.385 e. The Balaban J connectivity index is 1.95. The second kappa shape index (κ2) is 4.57. The number of hydrogen-bond acceptors (Lipinski definition) is 2. The minimum Gasteiger partial charge on any atom is -0.385 e. The molecule has 1 spiro atoms. The Hall–Kier alpha value is -0.380. The topological polar surface area (TPSA) is 29.5 Å². The van der Waals surface area contributed by atoms with Crippen LogP contribution in [-0.4, -0.2) is 18.3 Å². The van der Waals surface area contributed by atoms with Crippen LogP contribution >= 0.6 is 15.9 Å². The van der Waals surface area contributed by atoms with Gasteiger partial charge in [0.05, 0.1) is 11.7 Å². The molecule has 0 amide bonds. The van der Waals surface area contributed by atoms with E-state index in [4.69, 9.17) is 4.74 Å². The van der Waals surface area contributed by atoms with E-state index in [1.807, 2.05) is 6.92 Å². The number of halogens is 1. The molecule has 0 bridgehead atoms. The van der Waals surface area contributed by atoms with Crippen LogP contribution in [0.5, 0.6) is 0 Å². The zero-order valence-corrected chi connectivity index (χ0v) is 13.2. The van der Waals surface area contributed by atoms with Crippen LogP contribution in [0.2, 0.25) is 0 Å². The van der Waals surface area contributed by atoms with E-state index in [-0.39, 0.29) is 5.41 Å². The summed E-state index contributed by atoms with van der Waals surface area (Å²) >= 11 is 3.52. The van der Waals surface area contributed by atoms with Crippen molar-refractivity contribution in [2.45, 2.75) is 50.7 Å². The standard InChI is InChI=1S/C16H21BrO2/c1-15(18)14-9-12(17)4-3-11(14)10-16(15)7-5-13(19-2)6-8-16/h3-4,9,13,18H,5-8,10H2,1-2H3.